The van der Waals surface area contributed by atoms with Gasteiger partial charge in [-0.3, -0.25) is 0 Å². The highest BCUT2D eigenvalue weighted by Gasteiger charge is 2.06. The van der Waals surface area contributed by atoms with E-state index in [2.05, 4.69) is 64.2 Å². The summed E-state index contributed by atoms with van der Waals surface area (Å²) in [5, 5.41) is 3.49. The molecule has 0 aliphatic heterocycles. The lowest BCUT2D eigenvalue weighted by atomic mass is 10.1. The van der Waals surface area contributed by atoms with Crippen LogP contribution in [0.3, 0.4) is 0 Å². The molecule has 96 valence electrons. The van der Waals surface area contributed by atoms with E-state index >= 15 is 0 Å². The average molecular weight is 235 g/mol. The molecule has 1 aromatic carbocycles. The number of rotatable bonds is 6. The van der Waals surface area contributed by atoms with Gasteiger partial charge in [0.25, 0.3) is 0 Å². The van der Waals surface area contributed by atoms with Gasteiger partial charge in [-0.15, -0.1) is 0 Å². The number of ether oxygens (including phenoxy) is 1. The van der Waals surface area contributed by atoms with Gasteiger partial charge in [-0.05, 0) is 30.5 Å². The third kappa shape index (κ3) is 5.22. The monoisotopic (exact) mass is 235 g/mol. The van der Waals surface area contributed by atoms with Crippen LogP contribution < -0.4 is 10.1 Å². The Labute approximate surface area is 105 Å². The van der Waals surface area contributed by atoms with Crippen LogP contribution in [0.25, 0.3) is 0 Å². The molecule has 2 heteroatoms. The third-order valence-electron chi connectivity index (χ3n) is 2.55. The number of hydrogen-bond acceptors (Lipinski definition) is 2. The molecule has 0 aromatic heterocycles. The van der Waals surface area contributed by atoms with Crippen LogP contribution in [-0.2, 0) is 0 Å². The van der Waals surface area contributed by atoms with Crippen LogP contribution in [0.5, 0.6) is 5.75 Å². The van der Waals surface area contributed by atoms with Gasteiger partial charge in [-0.25, -0.2) is 0 Å². The fourth-order valence-electron chi connectivity index (χ4n) is 1.71. The topological polar surface area (TPSA) is 21.3 Å². The van der Waals surface area contributed by atoms with Gasteiger partial charge in [-0.1, -0.05) is 39.8 Å². The minimum atomic E-state index is 0.383. The minimum absolute atomic E-state index is 0.383. The Balaban J connectivity index is 2.55. The van der Waals surface area contributed by atoms with Gasteiger partial charge in [0.15, 0.2) is 0 Å². The molecule has 0 heterocycles. The van der Waals surface area contributed by atoms with Crippen molar-refractivity contribution in [1.29, 1.82) is 0 Å². The molecule has 0 radical (unpaired) electrons. The van der Waals surface area contributed by atoms with Crippen LogP contribution >= 0.6 is 0 Å². The lowest BCUT2D eigenvalue weighted by Gasteiger charge is -2.17. The van der Waals surface area contributed by atoms with E-state index < -0.39 is 0 Å². The summed E-state index contributed by atoms with van der Waals surface area (Å²) in [6.45, 7) is 11.6. The van der Waals surface area contributed by atoms with E-state index in [0.717, 1.165) is 12.4 Å². The molecule has 1 aromatic rings. The molecule has 0 bridgehead atoms. The SMILES string of the molecule is CC(C)COc1ccc([C@@H](C)NC(C)C)cc1. The van der Waals surface area contributed by atoms with Gasteiger partial charge in [-0.2, -0.15) is 0 Å². The molecule has 1 rings (SSSR count). The average Bonchev–Trinajstić information content (AvgIpc) is 2.26. The zero-order valence-corrected chi connectivity index (χ0v) is 11.7. The second-order valence-corrected chi connectivity index (χ2v) is 5.32. The Morgan fingerprint density at radius 1 is 1.00 bits per heavy atom. The molecule has 0 amide bonds. The first-order valence-electron chi connectivity index (χ1n) is 6.48. The molecular weight excluding hydrogens is 210 g/mol. The summed E-state index contributed by atoms with van der Waals surface area (Å²) in [5.41, 5.74) is 1.30. The van der Waals surface area contributed by atoms with E-state index in [-0.39, 0.29) is 0 Å². The molecule has 0 aliphatic carbocycles. The number of hydrogen-bond donors (Lipinski definition) is 1. The Hall–Kier alpha value is -1.02. The fraction of sp³-hybridized carbons (Fsp3) is 0.600. The van der Waals surface area contributed by atoms with Crippen LogP contribution in [0.15, 0.2) is 24.3 Å². The summed E-state index contributed by atoms with van der Waals surface area (Å²) in [4.78, 5) is 0. The van der Waals surface area contributed by atoms with Gasteiger partial charge in [0.05, 0.1) is 6.61 Å². The minimum Gasteiger partial charge on any atom is -0.493 e. The molecular formula is C15H25NO. The maximum Gasteiger partial charge on any atom is 0.119 e. The standard InChI is InChI=1S/C15H25NO/c1-11(2)10-17-15-8-6-14(7-9-15)13(5)16-12(3)4/h6-9,11-13,16H,10H2,1-5H3/t13-/m1/s1. The lowest BCUT2D eigenvalue weighted by molar-refractivity contribution is 0.271. The van der Waals surface area contributed by atoms with Crippen LogP contribution in [0.1, 0.15) is 46.2 Å². The maximum absolute atomic E-state index is 5.66. The van der Waals surface area contributed by atoms with Gasteiger partial charge in [0.1, 0.15) is 5.75 Å². The van der Waals surface area contributed by atoms with E-state index in [0.29, 0.717) is 18.0 Å². The summed E-state index contributed by atoms with van der Waals surface area (Å²) in [5.74, 6) is 1.52. The van der Waals surface area contributed by atoms with Crippen LogP contribution in [0, 0.1) is 5.92 Å². The van der Waals surface area contributed by atoms with Crippen molar-refractivity contribution in [3.63, 3.8) is 0 Å². The van der Waals surface area contributed by atoms with E-state index in [1.807, 2.05) is 0 Å². The Kier molecular flexibility index (Phi) is 5.49. The van der Waals surface area contributed by atoms with Crippen LogP contribution in [0.4, 0.5) is 0 Å². The largest absolute Gasteiger partial charge is 0.493 e. The first-order chi connectivity index (χ1) is 7.99. The number of nitrogens with one attached hydrogen (secondary N) is 1. The van der Waals surface area contributed by atoms with Crippen molar-refractivity contribution in [2.75, 3.05) is 6.61 Å². The van der Waals surface area contributed by atoms with Crippen molar-refractivity contribution in [1.82, 2.24) is 5.32 Å². The van der Waals surface area contributed by atoms with Crippen molar-refractivity contribution < 1.29 is 4.74 Å². The Morgan fingerprint density at radius 2 is 1.59 bits per heavy atom. The third-order valence-corrected chi connectivity index (χ3v) is 2.55. The molecule has 1 N–H and O–H groups in total. The highest BCUT2D eigenvalue weighted by molar-refractivity contribution is 5.29. The first kappa shape index (κ1) is 14.0. The molecule has 0 fully saturated rings. The second-order valence-electron chi connectivity index (χ2n) is 5.32. The summed E-state index contributed by atoms with van der Waals surface area (Å²) < 4.78 is 5.66. The zero-order valence-electron chi connectivity index (χ0n) is 11.7. The van der Waals surface area contributed by atoms with E-state index in [1.54, 1.807) is 0 Å². The van der Waals surface area contributed by atoms with E-state index in [9.17, 15) is 0 Å². The summed E-state index contributed by atoms with van der Waals surface area (Å²) >= 11 is 0. The molecule has 0 aliphatic rings. The van der Waals surface area contributed by atoms with Gasteiger partial charge >= 0.3 is 0 Å². The molecule has 2 nitrogen and oxygen atoms in total. The smallest absolute Gasteiger partial charge is 0.119 e. The molecule has 0 spiro atoms. The van der Waals surface area contributed by atoms with E-state index in [1.165, 1.54) is 5.56 Å². The van der Waals surface area contributed by atoms with E-state index in [4.69, 9.17) is 4.74 Å². The molecule has 1 atom stereocenters. The predicted octanol–water partition coefficient (Wildman–Crippen LogP) is 3.78. The lowest BCUT2D eigenvalue weighted by Crippen LogP contribution is -2.25. The number of benzene rings is 1. The van der Waals surface area contributed by atoms with Gasteiger partial charge < -0.3 is 10.1 Å². The van der Waals surface area contributed by atoms with Crippen molar-refractivity contribution in [3.05, 3.63) is 29.8 Å². The first-order valence-corrected chi connectivity index (χ1v) is 6.48. The van der Waals surface area contributed by atoms with Gasteiger partial charge in [0, 0.05) is 12.1 Å². The summed E-state index contributed by atoms with van der Waals surface area (Å²) in [6, 6.07) is 9.26. The zero-order chi connectivity index (χ0) is 12.8. The highest BCUT2D eigenvalue weighted by Crippen LogP contribution is 2.18. The summed E-state index contributed by atoms with van der Waals surface area (Å²) in [7, 11) is 0. The molecule has 0 saturated carbocycles. The maximum atomic E-state index is 5.66. The second kappa shape index (κ2) is 6.65. The normalized spacial score (nSPS) is 13.1. The van der Waals surface area contributed by atoms with Crippen molar-refractivity contribution >= 4 is 0 Å². The quantitative estimate of drug-likeness (QED) is 0.810. The summed E-state index contributed by atoms with van der Waals surface area (Å²) in [6.07, 6.45) is 0. The Morgan fingerprint density at radius 3 is 2.06 bits per heavy atom. The molecule has 17 heavy (non-hydrogen) atoms. The fourth-order valence-corrected chi connectivity index (χ4v) is 1.71. The van der Waals surface area contributed by atoms with Gasteiger partial charge in [0.2, 0.25) is 0 Å². The highest BCUT2D eigenvalue weighted by atomic mass is 16.5. The molecule has 0 unspecified atom stereocenters. The predicted molar refractivity (Wildman–Crippen MR) is 73.5 cm³/mol. The van der Waals surface area contributed by atoms with Crippen LogP contribution in [0.2, 0.25) is 0 Å². The van der Waals surface area contributed by atoms with Crippen LogP contribution in [-0.4, -0.2) is 12.6 Å². The Bertz CT molecular complexity index is 316. The van der Waals surface area contributed by atoms with Crippen molar-refractivity contribution in [3.8, 4) is 5.75 Å². The molecule has 0 saturated heterocycles. The van der Waals surface area contributed by atoms with Crippen molar-refractivity contribution in [2.24, 2.45) is 5.92 Å². The van der Waals surface area contributed by atoms with Crippen molar-refractivity contribution in [2.45, 2.75) is 46.7 Å².